The van der Waals surface area contributed by atoms with Crippen molar-refractivity contribution < 1.29 is 13.6 Å². The van der Waals surface area contributed by atoms with Crippen LogP contribution in [0, 0.1) is 11.6 Å². The van der Waals surface area contributed by atoms with Gasteiger partial charge >= 0.3 is 5.69 Å². The first kappa shape index (κ1) is 16.6. The summed E-state index contributed by atoms with van der Waals surface area (Å²) < 4.78 is 29.7. The fourth-order valence-corrected chi connectivity index (χ4v) is 2.50. The van der Waals surface area contributed by atoms with Crippen LogP contribution < -0.4 is 16.6 Å². The summed E-state index contributed by atoms with van der Waals surface area (Å²) in [6.07, 6.45) is 1.25. The number of hydrogen-bond acceptors (Lipinski definition) is 4. The maximum atomic E-state index is 13.2. The van der Waals surface area contributed by atoms with Gasteiger partial charge < -0.3 is 9.88 Å². The zero-order valence-electron chi connectivity index (χ0n) is 13.3. The topological polar surface area (TPSA) is 90.9 Å². The van der Waals surface area contributed by atoms with E-state index in [0.717, 1.165) is 16.7 Å². The molecule has 0 fully saturated rings. The van der Waals surface area contributed by atoms with Crippen molar-refractivity contribution in [3.63, 3.8) is 0 Å². The summed E-state index contributed by atoms with van der Waals surface area (Å²) in [5.41, 5.74) is -0.974. The lowest BCUT2D eigenvalue weighted by molar-refractivity contribution is -0.116. The molecule has 1 aromatic carbocycles. The zero-order valence-corrected chi connectivity index (χ0v) is 13.3. The van der Waals surface area contributed by atoms with Crippen LogP contribution >= 0.6 is 0 Å². The van der Waals surface area contributed by atoms with Gasteiger partial charge in [-0.1, -0.05) is 0 Å². The van der Waals surface area contributed by atoms with E-state index in [-0.39, 0.29) is 23.4 Å². The van der Waals surface area contributed by atoms with Crippen molar-refractivity contribution in [1.29, 1.82) is 0 Å². The molecule has 0 aliphatic carbocycles. The molecule has 1 N–H and O–H groups in total. The Kier molecular flexibility index (Phi) is 3.95. The van der Waals surface area contributed by atoms with Crippen LogP contribution in [-0.2, 0) is 25.4 Å². The number of carbonyl (C=O) groups excluding carboxylic acids is 1. The fraction of sp³-hybridized carbons (Fsp3) is 0.200. The van der Waals surface area contributed by atoms with Crippen molar-refractivity contribution in [2.45, 2.75) is 6.54 Å². The molecule has 1 amide bonds. The average molecular weight is 349 g/mol. The molecule has 10 heteroatoms. The number of fused-ring (bicyclic) bond motifs is 1. The first-order valence-corrected chi connectivity index (χ1v) is 7.14. The highest BCUT2D eigenvalue weighted by atomic mass is 19.1. The van der Waals surface area contributed by atoms with E-state index in [9.17, 15) is 23.2 Å². The van der Waals surface area contributed by atoms with Gasteiger partial charge in [0, 0.05) is 25.8 Å². The summed E-state index contributed by atoms with van der Waals surface area (Å²) in [6.45, 7) is -0.317. The van der Waals surface area contributed by atoms with Crippen molar-refractivity contribution in [2.75, 3.05) is 5.32 Å². The van der Waals surface area contributed by atoms with Gasteiger partial charge in [-0.05, 0) is 12.1 Å². The maximum absolute atomic E-state index is 13.2. The van der Waals surface area contributed by atoms with E-state index in [0.29, 0.717) is 6.07 Å². The number of carbonyl (C=O) groups is 1. The fourth-order valence-electron chi connectivity index (χ4n) is 2.50. The summed E-state index contributed by atoms with van der Waals surface area (Å²) >= 11 is 0. The van der Waals surface area contributed by atoms with E-state index in [1.165, 1.54) is 29.6 Å². The lowest BCUT2D eigenvalue weighted by Crippen LogP contribution is -2.37. The summed E-state index contributed by atoms with van der Waals surface area (Å²) in [5.74, 6) is -2.26. The van der Waals surface area contributed by atoms with Crippen LogP contribution in [0.5, 0.6) is 0 Å². The minimum absolute atomic E-state index is 0.0489. The number of anilines is 1. The molecule has 2 aromatic heterocycles. The Morgan fingerprint density at radius 2 is 1.76 bits per heavy atom. The number of aromatic nitrogens is 4. The quantitative estimate of drug-likeness (QED) is 0.739. The molecular weight excluding hydrogens is 336 g/mol. The molecule has 2 heterocycles. The number of benzene rings is 1. The molecule has 0 aliphatic rings. The molecule has 0 spiro atoms. The van der Waals surface area contributed by atoms with Gasteiger partial charge in [-0.2, -0.15) is 0 Å². The second-order valence-electron chi connectivity index (χ2n) is 5.46. The number of nitrogens with one attached hydrogen (secondary N) is 1. The number of amides is 1. The summed E-state index contributed by atoms with van der Waals surface area (Å²) in [5, 5.41) is 2.34. The van der Waals surface area contributed by atoms with Crippen LogP contribution in [0.4, 0.5) is 14.5 Å². The Bertz CT molecular complexity index is 1090. The van der Waals surface area contributed by atoms with E-state index in [1.807, 2.05) is 0 Å². The van der Waals surface area contributed by atoms with Gasteiger partial charge in [0.15, 0.2) is 11.2 Å². The zero-order chi connectivity index (χ0) is 18.3. The predicted molar refractivity (Wildman–Crippen MR) is 85.2 cm³/mol. The van der Waals surface area contributed by atoms with Crippen LogP contribution in [0.2, 0.25) is 0 Å². The normalized spacial score (nSPS) is 11.0. The average Bonchev–Trinajstić information content (AvgIpc) is 2.93. The Morgan fingerprint density at radius 1 is 1.12 bits per heavy atom. The second kappa shape index (κ2) is 5.96. The largest absolute Gasteiger partial charge is 0.332 e. The molecule has 0 atom stereocenters. The van der Waals surface area contributed by atoms with E-state index < -0.39 is 28.8 Å². The Morgan fingerprint density at radius 3 is 2.40 bits per heavy atom. The Labute approximate surface area is 138 Å². The monoisotopic (exact) mass is 349 g/mol. The molecule has 0 bridgehead atoms. The lowest BCUT2D eigenvalue weighted by Gasteiger charge is -2.08. The van der Waals surface area contributed by atoms with Crippen molar-refractivity contribution in [3.05, 3.63) is 57.0 Å². The van der Waals surface area contributed by atoms with Crippen LogP contribution in [0.25, 0.3) is 11.2 Å². The van der Waals surface area contributed by atoms with Crippen LogP contribution in [0.15, 0.2) is 34.1 Å². The third kappa shape index (κ3) is 2.93. The molecule has 130 valence electrons. The smallest absolute Gasteiger partial charge is 0.324 e. The van der Waals surface area contributed by atoms with Gasteiger partial charge in [0.1, 0.15) is 18.2 Å². The number of nitrogens with zero attached hydrogens (tertiary/aromatic N) is 4. The predicted octanol–water partition coefficient (Wildman–Crippen LogP) is 0.351. The number of rotatable bonds is 3. The van der Waals surface area contributed by atoms with Gasteiger partial charge in [-0.25, -0.2) is 18.6 Å². The molecular formula is C15H13F2N5O3. The standard InChI is InChI=1S/C15H13F2N5O3/c1-20-13-12(14(24)21(2)15(20)25)22(7-18-13)6-11(23)19-10-4-8(16)3-9(17)5-10/h3-5,7H,6H2,1-2H3,(H,19,23). The summed E-state index contributed by atoms with van der Waals surface area (Å²) in [7, 11) is 2.77. The van der Waals surface area contributed by atoms with Gasteiger partial charge in [-0.3, -0.25) is 18.7 Å². The van der Waals surface area contributed by atoms with Crippen LogP contribution in [0.1, 0.15) is 0 Å². The van der Waals surface area contributed by atoms with E-state index in [2.05, 4.69) is 10.3 Å². The number of aryl methyl sites for hydroxylation is 1. The van der Waals surface area contributed by atoms with Crippen LogP contribution in [-0.4, -0.2) is 24.6 Å². The molecule has 0 unspecified atom stereocenters. The number of imidazole rings is 1. The SMILES string of the molecule is Cn1c(=O)c2c(ncn2CC(=O)Nc2cc(F)cc(F)c2)n(C)c1=O. The van der Waals surface area contributed by atoms with Crippen molar-refractivity contribution >= 4 is 22.8 Å². The second-order valence-corrected chi connectivity index (χ2v) is 5.46. The minimum atomic E-state index is -0.827. The van der Waals surface area contributed by atoms with Crippen molar-refractivity contribution in [2.24, 2.45) is 14.1 Å². The first-order chi connectivity index (χ1) is 11.8. The molecule has 0 radical (unpaired) electrons. The molecule has 3 rings (SSSR count). The minimum Gasteiger partial charge on any atom is -0.324 e. The number of hydrogen-bond donors (Lipinski definition) is 1. The molecule has 0 aliphatic heterocycles. The van der Waals surface area contributed by atoms with Crippen LogP contribution in [0.3, 0.4) is 0 Å². The van der Waals surface area contributed by atoms with Gasteiger partial charge in [0.25, 0.3) is 5.56 Å². The molecule has 3 aromatic rings. The van der Waals surface area contributed by atoms with Crippen molar-refractivity contribution in [1.82, 2.24) is 18.7 Å². The van der Waals surface area contributed by atoms with E-state index in [4.69, 9.17) is 0 Å². The lowest BCUT2D eigenvalue weighted by atomic mass is 10.3. The maximum Gasteiger partial charge on any atom is 0.332 e. The highest BCUT2D eigenvalue weighted by Gasteiger charge is 2.16. The highest BCUT2D eigenvalue weighted by Crippen LogP contribution is 2.13. The first-order valence-electron chi connectivity index (χ1n) is 7.14. The molecule has 0 saturated heterocycles. The summed E-state index contributed by atoms with van der Waals surface area (Å²) in [4.78, 5) is 40.2. The molecule has 25 heavy (non-hydrogen) atoms. The highest BCUT2D eigenvalue weighted by molar-refractivity contribution is 5.91. The van der Waals surface area contributed by atoms with Gasteiger partial charge in [-0.15, -0.1) is 0 Å². The molecule has 0 saturated carbocycles. The number of halogens is 2. The summed E-state index contributed by atoms with van der Waals surface area (Å²) in [6, 6.07) is 2.62. The third-order valence-corrected chi connectivity index (χ3v) is 3.68. The van der Waals surface area contributed by atoms with E-state index >= 15 is 0 Å². The van der Waals surface area contributed by atoms with Crippen molar-refractivity contribution in [3.8, 4) is 0 Å². The van der Waals surface area contributed by atoms with Gasteiger partial charge in [0.05, 0.1) is 6.33 Å². The van der Waals surface area contributed by atoms with E-state index in [1.54, 1.807) is 0 Å². The Hall–Kier alpha value is -3.30. The van der Waals surface area contributed by atoms with Gasteiger partial charge in [0.2, 0.25) is 5.91 Å². The Balaban J connectivity index is 1.94. The molecule has 8 nitrogen and oxygen atoms in total. The third-order valence-electron chi connectivity index (χ3n) is 3.68.